The number of nitrogens with zero attached hydrogens (tertiary/aromatic N) is 3. The van der Waals surface area contributed by atoms with Gasteiger partial charge in [0.05, 0.1) is 17.9 Å². The first kappa shape index (κ1) is 21.2. The molecule has 2 aromatic carbocycles. The Bertz CT molecular complexity index is 1020. The van der Waals surface area contributed by atoms with Crippen molar-refractivity contribution in [1.82, 2.24) is 10.2 Å². The van der Waals surface area contributed by atoms with Gasteiger partial charge >= 0.3 is 0 Å². The molecule has 1 saturated heterocycles. The second-order valence-electron chi connectivity index (χ2n) is 7.42. The summed E-state index contributed by atoms with van der Waals surface area (Å²) in [4.78, 5) is 15.0. The van der Waals surface area contributed by atoms with Crippen LogP contribution in [0.4, 0.5) is 11.4 Å². The van der Waals surface area contributed by atoms with E-state index in [1.54, 1.807) is 7.11 Å². The van der Waals surface area contributed by atoms with Crippen molar-refractivity contribution in [2.24, 2.45) is 0 Å². The normalized spacial score (nSPS) is 14.8. The third-order valence-corrected chi connectivity index (χ3v) is 6.18. The van der Waals surface area contributed by atoms with Gasteiger partial charge in [0.2, 0.25) is 5.91 Å². The third kappa shape index (κ3) is 5.19. The van der Waals surface area contributed by atoms with E-state index in [0.29, 0.717) is 16.9 Å². The van der Waals surface area contributed by atoms with E-state index >= 15 is 0 Å². The summed E-state index contributed by atoms with van der Waals surface area (Å²) in [6.45, 7) is 4.01. The molecule has 1 fully saturated rings. The number of hydrogen-bond donors (Lipinski definition) is 1. The fraction of sp³-hybridized carbons (Fsp3) is 0.348. The minimum absolute atomic E-state index is 0.118. The lowest BCUT2D eigenvalue weighted by molar-refractivity contribution is -0.115. The van der Waals surface area contributed by atoms with Crippen LogP contribution >= 0.6 is 11.8 Å². The second-order valence-corrected chi connectivity index (χ2v) is 8.71. The summed E-state index contributed by atoms with van der Waals surface area (Å²) in [5.74, 6) is 0.898. The van der Waals surface area contributed by atoms with E-state index in [-0.39, 0.29) is 5.91 Å². The molecule has 1 amide bonds. The molecule has 31 heavy (non-hydrogen) atoms. The van der Waals surface area contributed by atoms with Crippen molar-refractivity contribution in [3.8, 4) is 17.2 Å². The van der Waals surface area contributed by atoms with E-state index in [1.165, 1.54) is 36.7 Å². The van der Waals surface area contributed by atoms with Gasteiger partial charge in [-0.15, -0.1) is 10.2 Å². The molecule has 1 atom stereocenters. The molecule has 2 heterocycles. The number of carbonyl (C=O) groups is 1. The van der Waals surface area contributed by atoms with Crippen LogP contribution < -0.4 is 15.0 Å². The van der Waals surface area contributed by atoms with Crippen LogP contribution in [0.2, 0.25) is 0 Å². The van der Waals surface area contributed by atoms with Crippen molar-refractivity contribution >= 4 is 29.0 Å². The van der Waals surface area contributed by atoms with Gasteiger partial charge in [-0.25, -0.2) is 0 Å². The van der Waals surface area contributed by atoms with E-state index in [1.807, 2.05) is 43.3 Å². The first-order valence-corrected chi connectivity index (χ1v) is 11.3. The Labute approximate surface area is 186 Å². The zero-order valence-electron chi connectivity index (χ0n) is 17.7. The van der Waals surface area contributed by atoms with E-state index in [0.717, 1.165) is 24.3 Å². The van der Waals surface area contributed by atoms with Gasteiger partial charge in [0.15, 0.2) is 0 Å². The van der Waals surface area contributed by atoms with Crippen molar-refractivity contribution in [2.45, 2.75) is 36.7 Å². The van der Waals surface area contributed by atoms with Gasteiger partial charge in [-0.2, -0.15) is 0 Å². The van der Waals surface area contributed by atoms with Crippen molar-refractivity contribution in [2.75, 3.05) is 30.4 Å². The number of para-hydroxylation sites is 1. The van der Waals surface area contributed by atoms with Crippen LogP contribution in [-0.4, -0.2) is 41.6 Å². The number of piperidine rings is 1. The highest BCUT2D eigenvalue weighted by Crippen LogP contribution is 2.31. The Balaban J connectivity index is 1.35. The zero-order valence-corrected chi connectivity index (χ0v) is 18.5. The molecule has 0 aliphatic carbocycles. The third-order valence-electron chi connectivity index (χ3n) is 5.25. The molecule has 0 saturated carbocycles. The van der Waals surface area contributed by atoms with Crippen LogP contribution in [0, 0.1) is 0 Å². The molecule has 1 N–H and O–H groups in total. The standard InChI is InChI=1S/C23H26N4O3S/c1-16(31-23-26-25-22(30-23)19-8-4-5-9-20(19)29-2)21(28)24-17-10-12-18(13-11-17)27-14-6-3-7-15-27/h4-5,8-13,16H,3,6-7,14-15H2,1-2H3,(H,24,28). The molecule has 0 bridgehead atoms. The fourth-order valence-corrected chi connectivity index (χ4v) is 4.23. The van der Waals surface area contributed by atoms with Crippen LogP contribution in [-0.2, 0) is 4.79 Å². The fourth-order valence-electron chi connectivity index (χ4n) is 3.54. The van der Waals surface area contributed by atoms with E-state index in [4.69, 9.17) is 9.15 Å². The molecule has 1 aliphatic heterocycles. The topological polar surface area (TPSA) is 80.5 Å². The van der Waals surface area contributed by atoms with Crippen molar-refractivity contribution in [1.29, 1.82) is 0 Å². The summed E-state index contributed by atoms with van der Waals surface area (Å²) in [6.07, 6.45) is 3.78. The van der Waals surface area contributed by atoms with Crippen molar-refractivity contribution in [3.63, 3.8) is 0 Å². The molecule has 8 heteroatoms. The van der Waals surface area contributed by atoms with Crippen LogP contribution in [0.15, 0.2) is 58.2 Å². The molecule has 1 aliphatic rings. The number of anilines is 2. The quantitative estimate of drug-likeness (QED) is 0.528. The summed E-state index contributed by atoms with van der Waals surface area (Å²) in [7, 11) is 1.59. The number of thioether (sulfide) groups is 1. The highest BCUT2D eigenvalue weighted by molar-refractivity contribution is 8.00. The Morgan fingerprint density at radius 2 is 1.84 bits per heavy atom. The van der Waals surface area contributed by atoms with E-state index in [9.17, 15) is 4.79 Å². The molecule has 1 unspecified atom stereocenters. The van der Waals surface area contributed by atoms with E-state index < -0.39 is 5.25 Å². The van der Waals surface area contributed by atoms with Crippen LogP contribution in [0.1, 0.15) is 26.2 Å². The van der Waals surface area contributed by atoms with E-state index in [2.05, 4.69) is 32.5 Å². The molecule has 3 aromatic rings. The molecular formula is C23H26N4O3S. The van der Waals surface area contributed by atoms with Gasteiger partial charge < -0.3 is 19.4 Å². The number of rotatable bonds is 7. The number of benzene rings is 2. The lowest BCUT2D eigenvalue weighted by Gasteiger charge is -2.28. The monoisotopic (exact) mass is 438 g/mol. The predicted octanol–water partition coefficient (Wildman–Crippen LogP) is 4.85. The Morgan fingerprint density at radius 3 is 2.58 bits per heavy atom. The van der Waals surface area contributed by atoms with Crippen LogP contribution in [0.3, 0.4) is 0 Å². The molecular weight excluding hydrogens is 412 g/mol. The smallest absolute Gasteiger partial charge is 0.277 e. The summed E-state index contributed by atoms with van der Waals surface area (Å²) in [5.41, 5.74) is 2.70. The van der Waals surface area contributed by atoms with Gasteiger partial charge in [-0.05, 0) is 62.6 Å². The van der Waals surface area contributed by atoms with Crippen molar-refractivity contribution < 1.29 is 13.9 Å². The highest BCUT2D eigenvalue weighted by Gasteiger charge is 2.20. The van der Waals surface area contributed by atoms with Crippen LogP contribution in [0.25, 0.3) is 11.5 Å². The number of carbonyl (C=O) groups excluding carboxylic acids is 1. The summed E-state index contributed by atoms with van der Waals surface area (Å²) < 4.78 is 11.1. The molecule has 1 aromatic heterocycles. The van der Waals surface area contributed by atoms with Gasteiger partial charge in [0.1, 0.15) is 5.75 Å². The maximum absolute atomic E-state index is 12.6. The average molecular weight is 439 g/mol. The average Bonchev–Trinajstić information content (AvgIpc) is 3.28. The lowest BCUT2D eigenvalue weighted by atomic mass is 10.1. The SMILES string of the molecule is COc1ccccc1-c1nnc(SC(C)C(=O)Nc2ccc(N3CCCCC3)cc2)o1. The highest BCUT2D eigenvalue weighted by atomic mass is 32.2. The number of ether oxygens (including phenoxy) is 1. The minimum Gasteiger partial charge on any atom is -0.496 e. The Hall–Kier alpha value is -3.00. The summed E-state index contributed by atoms with van der Waals surface area (Å²) in [5, 5.41) is 11.1. The summed E-state index contributed by atoms with van der Waals surface area (Å²) in [6, 6.07) is 15.5. The first-order chi connectivity index (χ1) is 15.1. The zero-order chi connectivity index (χ0) is 21.6. The minimum atomic E-state index is -0.396. The van der Waals surface area contributed by atoms with Gasteiger partial charge in [0.25, 0.3) is 11.1 Å². The van der Waals surface area contributed by atoms with Gasteiger partial charge in [-0.3, -0.25) is 4.79 Å². The Kier molecular flexibility index (Phi) is 6.76. The molecule has 0 spiro atoms. The first-order valence-electron chi connectivity index (χ1n) is 10.4. The van der Waals surface area contributed by atoms with Crippen molar-refractivity contribution in [3.05, 3.63) is 48.5 Å². The van der Waals surface area contributed by atoms with Gasteiger partial charge in [0, 0.05) is 24.5 Å². The number of hydrogen-bond acceptors (Lipinski definition) is 7. The lowest BCUT2D eigenvalue weighted by Crippen LogP contribution is -2.29. The number of methoxy groups -OCH3 is 1. The maximum Gasteiger partial charge on any atom is 0.277 e. The second kappa shape index (κ2) is 9.87. The summed E-state index contributed by atoms with van der Waals surface area (Å²) >= 11 is 1.22. The van der Waals surface area contributed by atoms with Crippen LogP contribution in [0.5, 0.6) is 5.75 Å². The molecule has 4 rings (SSSR count). The van der Waals surface area contributed by atoms with Gasteiger partial charge in [-0.1, -0.05) is 23.9 Å². The number of aromatic nitrogens is 2. The Morgan fingerprint density at radius 1 is 1.10 bits per heavy atom. The largest absolute Gasteiger partial charge is 0.496 e. The maximum atomic E-state index is 12.6. The number of nitrogens with one attached hydrogen (secondary N) is 1. The molecule has 162 valence electrons. The molecule has 0 radical (unpaired) electrons. The predicted molar refractivity (Wildman–Crippen MR) is 123 cm³/mol. The number of amides is 1. The molecule has 7 nitrogen and oxygen atoms in total.